The maximum atomic E-state index is 11.3. The lowest BCUT2D eigenvalue weighted by molar-refractivity contribution is -0.135. The number of hydrogen-bond donors (Lipinski definition) is 0. The van der Waals surface area contributed by atoms with Gasteiger partial charge in [0.1, 0.15) is 6.04 Å². The minimum absolute atomic E-state index is 0.409. The standard InChI is InChI=1S/C11H11NO3/c1-8-10(13)15-11(14)12(8)7-9-5-3-2-4-6-9/h2-6,8H,7H2,1H3/t8-/m0/s1. The molecule has 1 aliphatic heterocycles. The van der Waals surface area contributed by atoms with E-state index < -0.39 is 18.1 Å². The summed E-state index contributed by atoms with van der Waals surface area (Å²) < 4.78 is 4.51. The molecule has 0 saturated carbocycles. The molecular formula is C11H11NO3. The van der Waals surface area contributed by atoms with Crippen molar-refractivity contribution in [2.24, 2.45) is 0 Å². The van der Waals surface area contributed by atoms with E-state index in [-0.39, 0.29) is 0 Å². The second-order valence-corrected chi connectivity index (χ2v) is 3.48. The molecule has 0 radical (unpaired) electrons. The summed E-state index contributed by atoms with van der Waals surface area (Å²) in [5.74, 6) is -0.476. The average molecular weight is 205 g/mol. The minimum atomic E-state index is -0.559. The van der Waals surface area contributed by atoms with Crippen molar-refractivity contribution in [1.29, 1.82) is 0 Å². The number of carbonyl (C=O) groups is 2. The molecule has 0 N–H and O–H groups in total. The largest absolute Gasteiger partial charge is 0.418 e. The van der Waals surface area contributed by atoms with Crippen LogP contribution in [0.2, 0.25) is 0 Å². The highest BCUT2D eigenvalue weighted by atomic mass is 16.6. The highest BCUT2D eigenvalue weighted by Crippen LogP contribution is 2.16. The number of cyclic esters (lactones) is 2. The van der Waals surface area contributed by atoms with Crippen molar-refractivity contribution in [3.63, 3.8) is 0 Å². The molecule has 78 valence electrons. The van der Waals surface area contributed by atoms with E-state index in [1.165, 1.54) is 4.90 Å². The van der Waals surface area contributed by atoms with Crippen molar-refractivity contribution in [2.75, 3.05) is 0 Å². The van der Waals surface area contributed by atoms with Gasteiger partial charge in [0.2, 0.25) is 0 Å². The van der Waals surface area contributed by atoms with Gasteiger partial charge in [0, 0.05) is 6.54 Å². The molecule has 1 saturated heterocycles. The van der Waals surface area contributed by atoms with Crippen LogP contribution in [0.15, 0.2) is 30.3 Å². The van der Waals surface area contributed by atoms with Gasteiger partial charge in [-0.05, 0) is 12.5 Å². The van der Waals surface area contributed by atoms with Crippen LogP contribution in [-0.2, 0) is 16.1 Å². The van der Waals surface area contributed by atoms with Crippen LogP contribution < -0.4 is 0 Å². The Labute approximate surface area is 87.4 Å². The molecule has 1 aliphatic rings. The zero-order valence-corrected chi connectivity index (χ0v) is 8.34. The van der Waals surface area contributed by atoms with Crippen molar-refractivity contribution in [1.82, 2.24) is 4.90 Å². The molecular weight excluding hydrogens is 194 g/mol. The van der Waals surface area contributed by atoms with Crippen molar-refractivity contribution >= 4 is 12.1 Å². The lowest BCUT2D eigenvalue weighted by Crippen LogP contribution is -2.31. The third-order valence-electron chi connectivity index (χ3n) is 2.43. The first-order valence-corrected chi connectivity index (χ1v) is 4.74. The highest BCUT2D eigenvalue weighted by Gasteiger charge is 2.37. The number of hydrogen-bond acceptors (Lipinski definition) is 3. The number of ether oxygens (including phenoxy) is 1. The topological polar surface area (TPSA) is 46.6 Å². The summed E-state index contributed by atoms with van der Waals surface area (Å²) in [5.41, 5.74) is 0.982. The van der Waals surface area contributed by atoms with Gasteiger partial charge in [0.15, 0.2) is 0 Å². The zero-order valence-electron chi connectivity index (χ0n) is 8.34. The summed E-state index contributed by atoms with van der Waals surface area (Å²) in [6.07, 6.45) is -0.559. The molecule has 1 atom stereocenters. The summed E-state index contributed by atoms with van der Waals surface area (Å²) in [7, 11) is 0. The van der Waals surface area contributed by atoms with E-state index in [1.54, 1.807) is 6.92 Å². The van der Waals surface area contributed by atoms with E-state index in [0.717, 1.165) is 5.56 Å². The molecule has 0 bridgehead atoms. The third-order valence-corrected chi connectivity index (χ3v) is 2.43. The molecule has 0 aromatic heterocycles. The second-order valence-electron chi connectivity index (χ2n) is 3.48. The lowest BCUT2D eigenvalue weighted by atomic mass is 10.2. The van der Waals surface area contributed by atoms with Gasteiger partial charge in [-0.15, -0.1) is 0 Å². The molecule has 0 aliphatic carbocycles. The summed E-state index contributed by atoms with van der Waals surface area (Å²) >= 11 is 0. The Kier molecular flexibility index (Phi) is 2.41. The maximum absolute atomic E-state index is 11.3. The van der Waals surface area contributed by atoms with Crippen molar-refractivity contribution in [3.05, 3.63) is 35.9 Å². The van der Waals surface area contributed by atoms with Gasteiger partial charge in [-0.25, -0.2) is 9.59 Å². The molecule has 1 aromatic carbocycles. The van der Waals surface area contributed by atoms with E-state index in [4.69, 9.17) is 0 Å². The van der Waals surface area contributed by atoms with E-state index in [1.807, 2.05) is 30.3 Å². The lowest BCUT2D eigenvalue weighted by Gasteiger charge is -2.16. The minimum Gasteiger partial charge on any atom is -0.375 e. The van der Waals surface area contributed by atoms with Gasteiger partial charge in [-0.1, -0.05) is 30.3 Å². The van der Waals surface area contributed by atoms with Gasteiger partial charge in [-0.3, -0.25) is 4.90 Å². The molecule has 0 spiro atoms. The molecule has 1 fully saturated rings. The van der Waals surface area contributed by atoms with E-state index in [0.29, 0.717) is 6.54 Å². The van der Waals surface area contributed by atoms with Crippen LogP contribution in [0.4, 0.5) is 4.79 Å². The molecule has 2 rings (SSSR count). The molecule has 4 heteroatoms. The van der Waals surface area contributed by atoms with Gasteiger partial charge in [0.05, 0.1) is 0 Å². The summed E-state index contributed by atoms with van der Waals surface area (Å²) in [6, 6.07) is 9.01. The fourth-order valence-corrected chi connectivity index (χ4v) is 1.50. The Balaban J connectivity index is 2.13. The molecule has 0 unspecified atom stereocenters. The number of nitrogens with zero attached hydrogens (tertiary/aromatic N) is 1. The van der Waals surface area contributed by atoms with E-state index >= 15 is 0 Å². The molecule has 1 heterocycles. The number of rotatable bonds is 2. The Hall–Kier alpha value is -1.84. The first-order chi connectivity index (χ1) is 7.18. The highest BCUT2D eigenvalue weighted by molar-refractivity contribution is 5.95. The fraction of sp³-hybridized carbons (Fsp3) is 0.273. The van der Waals surface area contributed by atoms with Gasteiger partial charge < -0.3 is 4.74 Å². The van der Waals surface area contributed by atoms with Gasteiger partial charge in [0.25, 0.3) is 0 Å². The Morgan fingerprint density at radius 3 is 2.47 bits per heavy atom. The van der Waals surface area contributed by atoms with Crippen molar-refractivity contribution in [3.8, 4) is 0 Å². The third kappa shape index (κ3) is 1.83. The van der Waals surface area contributed by atoms with E-state index in [2.05, 4.69) is 4.74 Å². The predicted molar refractivity (Wildman–Crippen MR) is 52.9 cm³/mol. The van der Waals surface area contributed by atoms with Crippen LogP contribution in [0.3, 0.4) is 0 Å². The average Bonchev–Trinajstić information content (AvgIpc) is 2.47. The Morgan fingerprint density at radius 2 is 1.93 bits per heavy atom. The zero-order chi connectivity index (χ0) is 10.8. The Bertz CT molecular complexity index is 388. The molecule has 4 nitrogen and oxygen atoms in total. The van der Waals surface area contributed by atoms with Crippen LogP contribution in [0, 0.1) is 0 Å². The van der Waals surface area contributed by atoms with Crippen molar-refractivity contribution < 1.29 is 14.3 Å². The van der Waals surface area contributed by atoms with Crippen LogP contribution in [0.1, 0.15) is 12.5 Å². The van der Waals surface area contributed by atoms with Crippen LogP contribution in [0.25, 0.3) is 0 Å². The van der Waals surface area contributed by atoms with Crippen LogP contribution in [-0.4, -0.2) is 23.0 Å². The van der Waals surface area contributed by atoms with Crippen LogP contribution >= 0.6 is 0 Å². The summed E-state index contributed by atoms with van der Waals surface area (Å²) in [5, 5.41) is 0. The predicted octanol–water partition coefficient (Wildman–Crippen LogP) is 1.55. The van der Waals surface area contributed by atoms with Gasteiger partial charge >= 0.3 is 12.1 Å². The van der Waals surface area contributed by atoms with Crippen LogP contribution in [0.5, 0.6) is 0 Å². The summed E-state index contributed by atoms with van der Waals surface area (Å²) in [6.45, 7) is 2.07. The second kappa shape index (κ2) is 3.73. The monoisotopic (exact) mass is 205 g/mol. The van der Waals surface area contributed by atoms with E-state index in [9.17, 15) is 9.59 Å². The normalized spacial score (nSPS) is 20.6. The SMILES string of the molecule is C[C@H]1C(=O)OC(=O)N1Cc1ccccc1. The smallest absolute Gasteiger partial charge is 0.375 e. The van der Waals surface area contributed by atoms with Gasteiger partial charge in [-0.2, -0.15) is 0 Å². The Morgan fingerprint density at radius 1 is 1.27 bits per heavy atom. The number of benzene rings is 1. The molecule has 15 heavy (non-hydrogen) atoms. The number of amides is 1. The number of carbonyl (C=O) groups excluding carboxylic acids is 2. The molecule has 1 amide bonds. The quantitative estimate of drug-likeness (QED) is 0.543. The van der Waals surface area contributed by atoms with Crippen molar-refractivity contribution in [2.45, 2.75) is 19.5 Å². The fourth-order valence-electron chi connectivity index (χ4n) is 1.50. The first kappa shape index (κ1) is 9.71. The molecule has 1 aromatic rings. The summed E-state index contributed by atoms with van der Waals surface area (Å²) in [4.78, 5) is 23.8. The maximum Gasteiger partial charge on any atom is 0.418 e. The number of esters is 1. The first-order valence-electron chi connectivity index (χ1n) is 4.74.